The maximum absolute atomic E-state index is 13.7. The van der Waals surface area contributed by atoms with E-state index in [1.807, 2.05) is 37.8 Å². The van der Waals surface area contributed by atoms with Crippen LogP contribution in [0.3, 0.4) is 0 Å². The van der Waals surface area contributed by atoms with Crippen LogP contribution in [-0.4, -0.2) is 89.4 Å². The number of methoxy groups -OCH3 is 2. The summed E-state index contributed by atoms with van der Waals surface area (Å²) in [6.45, 7) is 7.40. The number of carbonyl (C=O) groups excluding carboxylic acids is 2. The minimum absolute atomic E-state index is 0.0963. The lowest BCUT2D eigenvalue weighted by Gasteiger charge is -2.39. The summed E-state index contributed by atoms with van der Waals surface area (Å²) in [4.78, 5) is 33.4. The second-order valence-corrected chi connectivity index (χ2v) is 14.6. The lowest BCUT2D eigenvalue weighted by Crippen LogP contribution is -2.60. The van der Waals surface area contributed by atoms with Crippen molar-refractivity contribution in [3.05, 3.63) is 76.3 Å². The van der Waals surface area contributed by atoms with Crippen LogP contribution in [0.15, 0.2) is 59.5 Å². The second-order valence-electron chi connectivity index (χ2n) is 11.6. The summed E-state index contributed by atoms with van der Waals surface area (Å²) in [5, 5.41) is 3.63. The molecule has 2 aromatic carbocycles. The molecule has 0 radical (unpaired) electrons. The molecule has 2 fully saturated rings. The molecule has 5 rings (SSSR count). The van der Waals surface area contributed by atoms with Crippen LogP contribution in [0.2, 0.25) is 0 Å². The number of anilines is 1. The van der Waals surface area contributed by atoms with Crippen LogP contribution in [-0.2, 0) is 47.5 Å². The smallest absolute Gasteiger partial charge is 0.384 e. The number of thiazole rings is 1. The van der Waals surface area contributed by atoms with Gasteiger partial charge >= 0.3 is 6.36 Å². The van der Waals surface area contributed by atoms with Gasteiger partial charge in [0.15, 0.2) is 5.13 Å². The summed E-state index contributed by atoms with van der Waals surface area (Å²) in [6, 6.07) is 15.4. The molecule has 1 saturated carbocycles. The predicted octanol–water partition coefficient (Wildman–Crippen LogP) is 4.30. The quantitative estimate of drug-likeness (QED) is 0.231. The summed E-state index contributed by atoms with van der Waals surface area (Å²) < 4.78 is 68.7. The molecule has 0 bridgehead atoms. The number of rotatable bonds is 12. The van der Waals surface area contributed by atoms with Crippen molar-refractivity contribution < 1.29 is 40.7 Å². The molecule has 1 aliphatic heterocycles. The summed E-state index contributed by atoms with van der Waals surface area (Å²) in [5.74, 6) is -0.566. The van der Waals surface area contributed by atoms with Gasteiger partial charge in [-0.1, -0.05) is 56.3 Å². The van der Waals surface area contributed by atoms with Gasteiger partial charge in [-0.3, -0.25) is 19.8 Å². The first kappa shape index (κ1) is 41.8. The van der Waals surface area contributed by atoms with E-state index >= 15 is 0 Å². The van der Waals surface area contributed by atoms with Gasteiger partial charge in [-0.25, -0.2) is 18.8 Å². The average Bonchev–Trinajstić information content (AvgIpc) is 3.82. The minimum atomic E-state index is -4.46. The molecule has 3 N–H and O–H groups in total. The zero-order valence-corrected chi connectivity index (χ0v) is 31.3. The Labute approximate surface area is 301 Å². The Bertz CT molecular complexity index is 1670. The fraction of sp³-hybridized carbons (Fsp3) is 0.500. The van der Waals surface area contributed by atoms with E-state index in [4.69, 9.17) is 4.74 Å². The van der Waals surface area contributed by atoms with E-state index in [0.717, 1.165) is 29.0 Å². The number of nitrogens with zero attached hydrogens (tertiary/aromatic N) is 3. The van der Waals surface area contributed by atoms with E-state index in [1.165, 1.54) is 21.2 Å². The topological polar surface area (TPSA) is 142 Å². The van der Waals surface area contributed by atoms with Crippen molar-refractivity contribution in [1.29, 1.82) is 0 Å². The molecule has 3 aromatic rings. The van der Waals surface area contributed by atoms with Gasteiger partial charge in [0.2, 0.25) is 21.8 Å². The zero-order chi connectivity index (χ0) is 37.8. The monoisotopic (exact) mass is 756 g/mol. The lowest BCUT2D eigenvalue weighted by molar-refractivity contribution is -0.311. The number of aromatic nitrogens is 1. The number of alkyl halides is 3. The SMILES string of the molecule is CC.CNNC(=O)Cc1sc(N2CCN(S(=O)(=O)c3ccccc3)[C@@H](C(=O)NCc3ccc(C4(COC)CC4)cc3)C2)nc1C.COC(F)(F)F. The van der Waals surface area contributed by atoms with Gasteiger partial charge in [-0.05, 0) is 43.0 Å². The summed E-state index contributed by atoms with van der Waals surface area (Å²) in [7, 11) is -0.00853. The van der Waals surface area contributed by atoms with Gasteiger partial charge in [-0.2, -0.15) is 4.31 Å². The Morgan fingerprint density at radius 3 is 2.22 bits per heavy atom. The van der Waals surface area contributed by atoms with Gasteiger partial charge < -0.3 is 15.0 Å². The third-order valence-corrected chi connectivity index (χ3v) is 11.4. The van der Waals surface area contributed by atoms with Crippen LogP contribution >= 0.6 is 11.3 Å². The average molecular weight is 757 g/mol. The summed E-state index contributed by atoms with van der Waals surface area (Å²) in [6.07, 6.45) is -2.09. The number of halogens is 3. The van der Waals surface area contributed by atoms with Crippen molar-refractivity contribution in [2.75, 3.05) is 52.4 Å². The number of piperazine rings is 1. The molecule has 2 amide bonds. The highest BCUT2D eigenvalue weighted by Crippen LogP contribution is 2.48. The molecule has 1 saturated heterocycles. The number of amides is 2. The molecule has 1 aromatic heterocycles. The number of hydrazine groups is 1. The highest BCUT2D eigenvalue weighted by molar-refractivity contribution is 7.89. The third-order valence-electron chi connectivity index (χ3n) is 8.26. The van der Waals surface area contributed by atoms with E-state index in [2.05, 4.69) is 38.0 Å². The van der Waals surface area contributed by atoms with E-state index < -0.39 is 22.4 Å². The highest BCUT2D eigenvalue weighted by Gasteiger charge is 2.44. The third kappa shape index (κ3) is 11.4. The van der Waals surface area contributed by atoms with Crippen LogP contribution in [0.1, 0.15) is 48.4 Å². The van der Waals surface area contributed by atoms with Crippen molar-refractivity contribution in [1.82, 2.24) is 25.5 Å². The Kier molecular flexibility index (Phi) is 15.4. The lowest BCUT2D eigenvalue weighted by atomic mass is 9.96. The largest absolute Gasteiger partial charge is 0.522 e. The first-order chi connectivity index (χ1) is 24.2. The fourth-order valence-corrected chi connectivity index (χ4v) is 8.12. The standard InChI is InChI=1S/C30H38N6O5S2.C2H3F3O.C2H6/c1-21-26(17-27(37)34-31-2)42-29(33-21)35-15-16-36(43(39,40)24-7-5-4-6-8-24)25(19-35)28(38)32-18-22-9-11-23(12-10-22)30(13-14-30)20-41-3;1-6-2(3,4)5;1-2/h4-12,25,31H,13-20H2,1-3H3,(H,32,38)(H,34,37);1H3;1-2H3/t25-;;/m1../s1. The Morgan fingerprint density at radius 2 is 1.67 bits per heavy atom. The number of benzene rings is 2. The molecule has 282 valence electrons. The van der Waals surface area contributed by atoms with Gasteiger partial charge in [-0.15, -0.1) is 24.5 Å². The summed E-state index contributed by atoms with van der Waals surface area (Å²) in [5.41, 5.74) is 8.18. The molecule has 1 atom stereocenters. The number of nitrogens with one attached hydrogen (secondary N) is 3. The molecule has 51 heavy (non-hydrogen) atoms. The van der Waals surface area contributed by atoms with Crippen LogP contribution in [0.4, 0.5) is 18.3 Å². The van der Waals surface area contributed by atoms with Gasteiger partial charge in [0.05, 0.1) is 23.6 Å². The number of ether oxygens (including phenoxy) is 2. The molecule has 0 spiro atoms. The first-order valence-electron chi connectivity index (χ1n) is 16.4. The summed E-state index contributed by atoms with van der Waals surface area (Å²) >= 11 is 1.38. The molecule has 2 heterocycles. The zero-order valence-electron chi connectivity index (χ0n) is 29.7. The van der Waals surface area contributed by atoms with Crippen molar-refractivity contribution in [3.63, 3.8) is 0 Å². The molecule has 1 aliphatic carbocycles. The van der Waals surface area contributed by atoms with Crippen LogP contribution < -0.4 is 21.1 Å². The Balaban J connectivity index is 0.000000796. The van der Waals surface area contributed by atoms with E-state index in [1.54, 1.807) is 44.5 Å². The number of sulfonamides is 1. The molecule has 12 nitrogen and oxygen atoms in total. The normalized spacial score (nSPS) is 17.0. The predicted molar refractivity (Wildman–Crippen MR) is 190 cm³/mol. The molecular weight excluding hydrogens is 710 g/mol. The molecular formula is C34H47F3N6O6S2. The Morgan fingerprint density at radius 1 is 1.04 bits per heavy atom. The van der Waals surface area contributed by atoms with Crippen molar-refractivity contribution in [2.24, 2.45) is 0 Å². The number of hydrogen-bond acceptors (Lipinski definition) is 10. The van der Waals surface area contributed by atoms with Gasteiger partial charge in [0.1, 0.15) is 6.04 Å². The maximum atomic E-state index is 13.7. The molecule has 17 heteroatoms. The number of hydrogen-bond donors (Lipinski definition) is 3. The molecule has 0 unspecified atom stereocenters. The number of carbonyl (C=O) groups is 2. The van der Waals surface area contributed by atoms with Crippen molar-refractivity contribution >= 4 is 38.3 Å². The maximum Gasteiger partial charge on any atom is 0.522 e. The first-order valence-corrected chi connectivity index (χ1v) is 18.7. The molecule has 2 aliphatic rings. The van der Waals surface area contributed by atoms with Gasteiger partial charge in [0, 0.05) is 57.7 Å². The van der Waals surface area contributed by atoms with Crippen LogP contribution in [0.5, 0.6) is 0 Å². The van der Waals surface area contributed by atoms with E-state index in [0.29, 0.717) is 25.4 Å². The van der Waals surface area contributed by atoms with Crippen molar-refractivity contribution in [3.8, 4) is 0 Å². The van der Waals surface area contributed by atoms with E-state index in [-0.39, 0.29) is 48.2 Å². The highest BCUT2D eigenvalue weighted by atomic mass is 32.2. The number of aryl methyl sites for hydroxylation is 1. The van der Waals surface area contributed by atoms with E-state index in [9.17, 15) is 31.2 Å². The fourth-order valence-electron chi connectivity index (χ4n) is 5.44. The minimum Gasteiger partial charge on any atom is -0.384 e. The van der Waals surface area contributed by atoms with Crippen molar-refractivity contribution in [2.45, 2.75) is 69.3 Å². The second kappa shape index (κ2) is 18.8. The van der Waals surface area contributed by atoms with Crippen LogP contribution in [0, 0.1) is 6.92 Å². The Hall–Kier alpha value is -3.61. The van der Waals surface area contributed by atoms with Crippen LogP contribution in [0.25, 0.3) is 0 Å². The van der Waals surface area contributed by atoms with Gasteiger partial charge in [0.25, 0.3) is 0 Å².